The normalized spacial score (nSPS) is 11.3. The van der Waals surface area contributed by atoms with Gasteiger partial charge in [0.15, 0.2) is 0 Å². The van der Waals surface area contributed by atoms with Crippen molar-refractivity contribution in [3.8, 4) is 5.75 Å². The van der Waals surface area contributed by atoms with Crippen LogP contribution in [0.4, 0.5) is 4.39 Å². The topological polar surface area (TPSA) is 56.5 Å². The molecule has 0 saturated carbocycles. The molecule has 0 atom stereocenters. The van der Waals surface area contributed by atoms with Gasteiger partial charge in [-0.15, -0.1) is 0 Å². The van der Waals surface area contributed by atoms with Crippen molar-refractivity contribution in [2.24, 2.45) is 5.10 Å². The molecule has 0 radical (unpaired) electrons. The Kier molecular flexibility index (Phi) is 5.72. The van der Waals surface area contributed by atoms with E-state index in [4.69, 9.17) is 4.74 Å². The number of hydrogen-bond acceptors (Lipinski definition) is 4. The van der Waals surface area contributed by atoms with Crippen molar-refractivity contribution in [3.63, 3.8) is 0 Å². The Morgan fingerprint density at radius 1 is 1.13 bits per heavy atom. The van der Waals surface area contributed by atoms with Gasteiger partial charge in [0.2, 0.25) is 0 Å². The highest BCUT2D eigenvalue weighted by Crippen LogP contribution is 2.16. The fourth-order valence-electron chi connectivity index (χ4n) is 2.96. The molecule has 0 aliphatic heterocycles. The maximum absolute atomic E-state index is 13.2. The van der Waals surface area contributed by atoms with Gasteiger partial charge in [-0.25, -0.2) is 9.37 Å². The first-order valence-electron chi connectivity index (χ1n) is 9.20. The molecule has 4 aromatic rings. The van der Waals surface area contributed by atoms with Crippen LogP contribution in [0.1, 0.15) is 17.0 Å². The lowest BCUT2D eigenvalue weighted by atomic mass is 10.2. The Labute approximate surface area is 180 Å². The summed E-state index contributed by atoms with van der Waals surface area (Å²) < 4.78 is 21.0. The average Bonchev–Trinajstić information content (AvgIpc) is 2.74. The van der Waals surface area contributed by atoms with Crippen LogP contribution >= 0.6 is 15.9 Å². The van der Waals surface area contributed by atoms with Crippen molar-refractivity contribution >= 4 is 33.0 Å². The second kappa shape index (κ2) is 8.59. The van der Waals surface area contributed by atoms with Gasteiger partial charge >= 0.3 is 0 Å². The highest BCUT2D eigenvalue weighted by molar-refractivity contribution is 9.10. The number of benzene rings is 3. The van der Waals surface area contributed by atoms with Gasteiger partial charge in [-0.2, -0.15) is 9.78 Å². The van der Waals surface area contributed by atoms with E-state index in [1.54, 1.807) is 49.5 Å². The monoisotopic (exact) mass is 465 g/mol. The summed E-state index contributed by atoms with van der Waals surface area (Å²) in [5, 5.41) is 4.80. The summed E-state index contributed by atoms with van der Waals surface area (Å²) in [5.74, 6) is 0.867. The third kappa shape index (κ3) is 4.46. The van der Waals surface area contributed by atoms with Gasteiger partial charge < -0.3 is 4.74 Å². The summed E-state index contributed by atoms with van der Waals surface area (Å²) in [5.41, 5.74) is 1.96. The summed E-state index contributed by atoms with van der Waals surface area (Å²) in [7, 11) is 0. The molecule has 0 aliphatic rings. The fourth-order valence-corrected chi connectivity index (χ4v) is 3.32. The van der Waals surface area contributed by atoms with E-state index in [0.717, 1.165) is 15.6 Å². The van der Waals surface area contributed by atoms with E-state index in [9.17, 15) is 9.18 Å². The lowest BCUT2D eigenvalue weighted by Gasteiger charge is -2.07. The molecule has 150 valence electrons. The third-order valence-corrected chi connectivity index (χ3v) is 4.96. The van der Waals surface area contributed by atoms with Gasteiger partial charge in [-0.3, -0.25) is 4.79 Å². The van der Waals surface area contributed by atoms with Crippen LogP contribution < -0.4 is 10.3 Å². The van der Waals surface area contributed by atoms with Gasteiger partial charge in [0.05, 0.1) is 17.1 Å². The predicted octanol–water partition coefficient (Wildman–Crippen LogP) is 5.07. The highest BCUT2D eigenvalue weighted by Gasteiger charge is 2.07. The SMILES string of the molecule is Cc1nc2ccc(Br)cc2c(=O)n1N=Cc1ccc(OCc2cccc(F)c2)cc1. The van der Waals surface area contributed by atoms with Crippen molar-refractivity contribution in [1.82, 2.24) is 9.66 Å². The zero-order valence-corrected chi connectivity index (χ0v) is 17.6. The number of halogens is 2. The van der Waals surface area contributed by atoms with Crippen LogP contribution in [0.5, 0.6) is 5.75 Å². The lowest BCUT2D eigenvalue weighted by molar-refractivity contribution is 0.305. The van der Waals surface area contributed by atoms with Gasteiger partial charge in [0, 0.05) is 4.47 Å². The molecule has 0 amide bonds. The molecular weight excluding hydrogens is 449 g/mol. The second-order valence-electron chi connectivity index (χ2n) is 6.67. The summed E-state index contributed by atoms with van der Waals surface area (Å²) in [6, 6.07) is 18.9. The smallest absolute Gasteiger partial charge is 0.282 e. The molecule has 0 fully saturated rings. The first kappa shape index (κ1) is 20.0. The van der Waals surface area contributed by atoms with E-state index in [-0.39, 0.29) is 18.0 Å². The number of aryl methyl sites for hydroxylation is 1. The van der Waals surface area contributed by atoms with Crippen LogP contribution in [-0.2, 0) is 6.61 Å². The molecular formula is C23H17BrFN3O2. The molecule has 1 heterocycles. The van der Waals surface area contributed by atoms with Crippen LogP contribution in [0.15, 0.2) is 81.1 Å². The zero-order valence-electron chi connectivity index (χ0n) is 16.0. The Balaban J connectivity index is 1.51. The summed E-state index contributed by atoms with van der Waals surface area (Å²) in [6.07, 6.45) is 1.59. The van der Waals surface area contributed by atoms with Crippen molar-refractivity contribution in [2.45, 2.75) is 13.5 Å². The van der Waals surface area contributed by atoms with Gasteiger partial charge in [-0.1, -0.05) is 28.1 Å². The quantitative estimate of drug-likeness (QED) is 0.386. The van der Waals surface area contributed by atoms with Crippen molar-refractivity contribution in [2.75, 3.05) is 0 Å². The summed E-state index contributed by atoms with van der Waals surface area (Å²) >= 11 is 3.38. The van der Waals surface area contributed by atoms with Crippen LogP contribution in [0.3, 0.4) is 0 Å². The van der Waals surface area contributed by atoms with Crippen LogP contribution in [0, 0.1) is 12.7 Å². The molecule has 0 saturated heterocycles. The van der Waals surface area contributed by atoms with Crippen LogP contribution in [0.25, 0.3) is 10.9 Å². The van der Waals surface area contributed by atoms with Crippen LogP contribution in [0.2, 0.25) is 0 Å². The Morgan fingerprint density at radius 3 is 2.70 bits per heavy atom. The number of hydrogen-bond donors (Lipinski definition) is 0. The Bertz CT molecular complexity index is 1300. The predicted molar refractivity (Wildman–Crippen MR) is 119 cm³/mol. The maximum atomic E-state index is 13.2. The van der Waals surface area contributed by atoms with Crippen molar-refractivity contribution < 1.29 is 9.13 Å². The maximum Gasteiger partial charge on any atom is 0.282 e. The number of ether oxygens (including phenoxy) is 1. The molecule has 30 heavy (non-hydrogen) atoms. The van der Waals surface area contributed by atoms with E-state index >= 15 is 0 Å². The summed E-state index contributed by atoms with van der Waals surface area (Å²) in [4.78, 5) is 17.2. The minimum atomic E-state index is -0.288. The Morgan fingerprint density at radius 2 is 1.93 bits per heavy atom. The van der Waals surface area contributed by atoms with E-state index in [1.807, 2.05) is 18.2 Å². The molecule has 5 nitrogen and oxygen atoms in total. The van der Waals surface area contributed by atoms with Crippen LogP contribution in [-0.4, -0.2) is 15.9 Å². The minimum Gasteiger partial charge on any atom is -0.489 e. The van der Waals surface area contributed by atoms with Gasteiger partial charge in [0.1, 0.15) is 24.0 Å². The average molecular weight is 466 g/mol. The third-order valence-electron chi connectivity index (χ3n) is 4.47. The Hall–Kier alpha value is -3.32. The van der Waals surface area contributed by atoms with Gasteiger partial charge in [-0.05, 0) is 72.6 Å². The second-order valence-corrected chi connectivity index (χ2v) is 7.59. The highest BCUT2D eigenvalue weighted by atomic mass is 79.9. The molecule has 1 aromatic heterocycles. The molecule has 0 unspecified atom stereocenters. The lowest BCUT2D eigenvalue weighted by Crippen LogP contribution is -2.20. The number of aromatic nitrogens is 2. The first-order chi connectivity index (χ1) is 14.5. The molecule has 7 heteroatoms. The van der Waals surface area contributed by atoms with Crippen molar-refractivity contribution in [3.05, 3.63) is 104 Å². The first-order valence-corrected chi connectivity index (χ1v) is 9.99. The molecule has 0 N–H and O–H groups in total. The largest absolute Gasteiger partial charge is 0.489 e. The zero-order chi connectivity index (χ0) is 21.1. The molecule has 0 bridgehead atoms. The van der Waals surface area contributed by atoms with Crippen molar-refractivity contribution in [1.29, 1.82) is 0 Å². The van der Waals surface area contributed by atoms with Gasteiger partial charge in [0.25, 0.3) is 5.56 Å². The van der Waals surface area contributed by atoms with E-state index < -0.39 is 0 Å². The fraction of sp³-hybridized carbons (Fsp3) is 0.0870. The number of fused-ring (bicyclic) bond motifs is 1. The van der Waals surface area contributed by atoms with E-state index in [0.29, 0.717) is 22.5 Å². The molecule has 0 aliphatic carbocycles. The minimum absolute atomic E-state index is 0.231. The number of rotatable bonds is 5. The molecule has 0 spiro atoms. The number of nitrogens with zero attached hydrogens (tertiary/aromatic N) is 3. The molecule has 4 rings (SSSR count). The molecule has 3 aromatic carbocycles. The summed E-state index contributed by atoms with van der Waals surface area (Å²) in [6.45, 7) is 2.02. The van der Waals surface area contributed by atoms with E-state index in [1.165, 1.54) is 16.8 Å². The van der Waals surface area contributed by atoms with E-state index in [2.05, 4.69) is 26.0 Å². The standard InChI is InChI=1S/C23H17BrFN3O2/c1-15-27-22-10-7-18(24)12-21(22)23(29)28(15)26-13-16-5-8-20(9-6-16)30-14-17-3-2-4-19(25)11-17/h2-13H,14H2,1H3.